The van der Waals surface area contributed by atoms with E-state index in [1.807, 2.05) is 87.5 Å². The molecule has 3 aromatic rings. The van der Waals surface area contributed by atoms with Crippen molar-refractivity contribution < 1.29 is 9.59 Å². The Bertz CT molecular complexity index is 1050. The van der Waals surface area contributed by atoms with E-state index in [1.165, 1.54) is 0 Å². The average Bonchev–Trinajstić information content (AvgIpc) is 3.03. The van der Waals surface area contributed by atoms with Crippen LogP contribution in [0, 0.1) is 13.8 Å². The van der Waals surface area contributed by atoms with Gasteiger partial charge in [-0.05, 0) is 49.1 Å². The van der Waals surface area contributed by atoms with Crippen LogP contribution in [-0.2, 0) is 4.79 Å². The number of nitrogens with zero attached hydrogens (tertiary/aromatic N) is 1. The molecule has 4 nitrogen and oxygen atoms in total. The third kappa shape index (κ3) is 3.31. The number of aryl methyl sites for hydroxylation is 2. The van der Waals surface area contributed by atoms with Crippen molar-refractivity contribution in [1.82, 2.24) is 4.90 Å². The fourth-order valence-electron chi connectivity index (χ4n) is 4.10. The number of carbonyl (C=O) groups is 2. The van der Waals surface area contributed by atoms with Crippen LogP contribution in [0.15, 0.2) is 72.8 Å². The van der Waals surface area contributed by atoms with Gasteiger partial charge in [-0.3, -0.25) is 9.59 Å². The van der Waals surface area contributed by atoms with Gasteiger partial charge < -0.3 is 10.2 Å². The van der Waals surface area contributed by atoms with E-state index in [1.54, 1.807) is 11.0 Å². The topological polar surface area (TPSA) is 49.4 Å². The second kappa shape index (κ2) is 7.55. The molecular weight excluding hydrogens is 360 g/mol. The fourth-order valence-corrected chi connectivity index (χ4v) is 4.10. The van der Waals surface area contributed by atoms with Gasteiger partial charge in [-0.15, -0.1) is 0 Å². The molecule has 1 aliphatic rings. The molecule has 2 amide bonds. The van der Waals surface area contributed by atoms with E-state index in [0.717, 1.165) is 27.9 Å². The molecule has 0 bridgehead atoms. The molecule has 146 valence electrons. The highest BCUT2D eigenvalue weighted by Crippen LogP contribution is 2.40. The molecule has 1 N–H and O–H groups in total. The van der Waals surface area contributed by atoms with Gasteiger partial charge in [-0.1, -0.05) is 66.7 Å². The van der Waals surface area contributed by atoms with Crippen molar-refractivity contribution in [1.29, 1.82) is 0 Å². The number of carbonyl (C=O) groups excluding carboxylic acids is 2. The number of para-hydroxylation sites is 1. The molecule has 0 spiro atoms. The summed E-state index contributed by atoms with van der Waals surface area (Å²) in [6, 6.07) is 22.2. The van der Waals surface area contributed by atoms with Crippen LogP contribution < -0.4 is 5.32 Å². The molecule has 3 aromatic carbocycles. The quantitative estimate of drug-likeness (QED) is 0.672. The Hall–Kier alpha value is -3.40. The van der Waals surface area contributed by atoms with Crippen LogP contribution in [0.3, 0.4) is 0 Å². The molecule has 4 heteroatoms. The number of anilines is 1. The van der Waals surface area contributed by atoms with Gasteiger partial charge in [-0.2, -0.15) is 0 Å². The number of hydrogen-bond donors (Lipinski definition) is 1. The normalized spacial score (nSPS) is 16.4. The van der Waals surface area contributed by atoms with E-state index in [0.29, 0.717) is 5.56 Å². The molecule has 0 fully saturated rings. The van der Waals surface area contributed by atoms with Crippen LogP contribution in [0.2, 0.25) is 0 Å². The van der Waals surface area contributed by atoms with Crippen LogP contribution in [-0.4, -0.2) is 16.7 Å². The lowest BCUT2D eigenvalue weighted by molar-refractivity contribution is -0.121. The van der Waals surface area contributed by atoms with Crippen LogP contribution >= 0.6 is 0 Å². The Morgan fingerprint density at radius 2 is 1.52 bits per heavy atom. The fraction of sp³-hybridized carbons (Fsp3) is 0.200. The Kier molecular flexibility index (Phi) is 4.93. The van der Waals surface area contributed by atoms with Gasteiger partial charge >= 0.3 is 0 Å². The highest BCUT2D eigenvalue weighted by atomic mass is 16.2. The van der Waals surface area contributed by atoms with E-state index in [-0.39, 0.29) is 17.9 Å². The van der Waals surface area contributed by atoms with Crippen molar-refractivity contribution in [2.75, 3.05) is 5.32 Å². The largest absolute Gasteiger partial charge is 0.323 e. The van der Waals surface area contributed by atoms with E-state index < -0.39 is 6.04 Å². The third-order valence-corrected chi connectivity index (χ3v) is 5.68. The van der Waals surface area contributed by atoms with E-state index >= 15 is 0 Å². The lowest BCUT2D eigenvalue weighted by Gasteiger charge is -2.31. The summed E-state index contributed by atoms with van der Waals surface area (Å²) in [5.74, 6) is -0.304. The Labute approximate surface area is 171 Å². The van der Waals surface area contributed by atoms with Gasteiger partial charge in [0.05, 0.1) is 6.04 Å². The second-order valence-electron chi connectivity index (χ2n) is 7.54. The van der Waals surface area contributed by atoms with Crippen LogP contribution in [0.1, 0.15) is 51.6 Å². The van der Waals surface area contributed by atoms with Gasteiger partial charge in [-0.25, -0.2) is 0 Å². The van der Waals surface area contributed by atoms with Gasteiger partial charge in [0, 0.05) is 11.3 Å². The Morgan fingerprint density at radius 1 is 0.897 bits per heavy atom. The molecule has 0 aliphatic carbocycles. The number of hydrogen-bond acceptors (Lipinski definition) is 2. The molecule has 1 aliphatic heterocycles. The summed E-state index contributed by atoms with van der Waals surface area (Å²) >= 11 is 0. The minimum absolute atomic E-state index is 0.112. The van der Waals surface area contributed by atoms with Crippen molar-refractivity contribution in [2.24, 2.45) is 0 Å². The molecule has 29 heavy (non-hydrogen) atoms. The summed E-state index contributed by atoms with van der Waals surface area (Å²) in [4.78, 5) is 28.4. The predicted octanol–water partition coefficient (Wildman–Crippen LogP) is 5.20. The zero-order valence-corrected chi connectivity index (χ0v) is 16.8. The SMILES string of the molecule is Cc1cccc(C)c1NC(=O)[C@H]1c2ccccc2C(=O)N1C(C)c1ccccc1. The molecule has 4 rings (SSSR count). The van der Waals surface area contributed by atoms with E-state index in [2.05, 4.69) is 5.32 Å². The lowest BCUT2D eigenvalue weighted by atomic mass is 10.0. The van der Waals surface area contributed by atoms with Crippen molar-refractivity contribution >= 4 is 17.5 Å². The van der Waals surface area contributed by atoms with Gasteiger partial charge in [0.15, 0.2) is 0 Å². The number of fused-ring (bicyclic) bond motifs is 1. The predicted molar refractivity (Wildman–Crippen MR) is 115 cm³/mol. The minimum Gasteiger partial charge on any atom is -0.323 e. The van der Waals surface area contributed by atoms with Crippen LogP contribution in [0.5, 0.6) is 0 Å². The zero-order valence-electron chi connectivity index (χ0n) is 16.8. The van der Waals surface area contributed by atoms with Gasteiger partial charge in [0.25, 0.3) is 11.8 Å². The zero-order chi connectivity index (χ0) is 20.5. The second-order valence-corrected chi connectivity index (χ2v) is 7.54. The summed E-state index contributed by atoms with van der Waals surface area (Å²) < 4.78 is 0. The summed E-state index contributed by atoms with van der Waals surface area (Å²) in [6.07, 6.45) is 0. The van der Waals surface area contributed by atoms with Crippen molar-refractivity contribution in [3.63, 3.8) is 0 Å². The molecule has 1 heterocycles. The Morgan fingerprint density at radius 3 is 2.21 bits per heavy atom. The first-order valence-corrected chi connectivity index (χ1v) is 9.82. The number of rotatable bonds is 4. The highest BCUT2D eigenvalue weighted by molar-refractivity contribution is 6.08. The maximum atomic E-state index is 13.5. The van der Waals surface area contributed by atoms with Gasteiger partial charge in [0.1, 0.15) is 6.04 Å². The first-order chi connectivity index (χ1) is 14.0. The monoisotopic (exact) mass is 384 g/mol. The number of benzene rings is 3. The number of amides is 2. The van der Waals surface area contributed by atoms with Crippen molar-refractivity contribution in [2.45, 2.75) is 32.9 Å². The summed E-state index contributed by atoms with van der Waals surface area (Å²) in [5.41, 5.74) is 5.15. The smallest absolute Gasteiger partial charge is 0.255 e. The Balaban J connectivity index is 1.75. The maximum absolute atomic E-state index is 13.5. The van der Waals surface area contributed by atoms with Gasteiger partial charge in [0.2, 0.25) is 0 Å². The average molecular weight is 384 g/mol. The minimum atomic E-state index is -0.673. The van der Waals surface area contributed by atoms with E-state index in [9.17, 15) is 9.59 Å². The standard InChI is InChI=1S/C25H24N2O2/c1-16-10-9-11-17(2)22(16)26-24(28)23-20-14-7-8-15-21(20)25(29)27(23)18(3)19-12-5-4-6-13-19/h4-15,18,23H,1-3H3,(H,26,28)/t18?,23-/m1/s1. The molecular formula is C25H24N2O2. The van der Waals surface area contributed by atoms with E-state index in [4.69, 9.17) is 0 Å². The van der Waals surface area contributed by atoms with Crippen LogP contribution in [0.4, 0.5) is 5.69 Å². The maximum Gasteiger partial charge on any atom is 0.255 e. The molecule has 0 aromatic heterocycles. The first kappa shape index (κ1) is 18.9. The summed E-state index contributed by atoms with van der Waals surface area (Å²) in [6.45, 7) is 5.92. The lowest BCUT2D eigenvalue weighted by Crippen LogP contribution is -2.37. The molecule has 1 unspecified atom stereocenters. The summed E-state index contributed by atoms with van der Waals surface area (Å²) in [5, 5.41) is 3.09. The van der Waals surface area contributed by atoms with Crippen molar-refractivity contribution in [3.8, 4) is 0 Å². The third-order valence-electron chi connectivity index (χ3n) is 5.68. The first-order valence-electron chi connectivity index (χ1n) is 9.82. The van der Waals surface area contributed by atoms with Crippen LogP contribution in [0.25, 0.3) is 0 Å². The molecule has 0 saturated carbocycles. The molecule has 0 saturated heterocycles. The molecule has 2 atom stereocenters. The number of nitrogens with one attached hydrogen (secondary N) is 1. The highest BCUT2D eigenvalue weighted by Gasteiger charge is 2.43. The van der Waals surface area contributed by atoms with Crippen molar-refractivity contribution in [3.05, 3.63) is 101 Å². The molecule has 0 radical (unpaired) electrons. The summed E-state index contributed by atoms with van der Waals surface area (Å²) in [7, 11) is 0.